The fraction of sp³-hybridized carbons (Fsp3) is 0.455. The Labute approximate surface area is 109 Å². The zero-order chi connectivity index (χ0) is 12.4. The maximum Gasteiger partial charge on any atom is 0.215 e. The van der Waals surface area contributed by atoms with Gasteiger partial charge in [-0.25, -0.2) is 9.67 Å². The van der Waals surface area contributed by atoms with Gasteiger partial charge in [0.15, 0.2) is 0 Å². The van der Waals surface area contributed by atoms with E-state index in [-0.39, 0.29) is 0 Å². The van der Waals surface area contributed by atoms with Crippen molar-refractivity contribution in [1.29, 1.82) is 0 Å². The molecule has 2 aromatic heterocycles. The summed E-state index contributed by atoms with van der Waals surface area (Å²) in [7, 11) is 1.82. The van der Waals surface area contributed by atoms with Crippen molar-refractivity contribution in [3.05, 3.63) is 23.9 Å². The zero-order valence-corrected chi connectivity index (χ0v) is 10.9. The molecule has 6 nitrogen and oxygen atoms in total. The molecular weight excluding hydrogens is 248 g/mol. The van der Waals surface area contributed by atoms with Crippen LogP contribution in [0, 0.1) is 0 Å². The summed E-state index contributed by atoms with van der Waals surface area (Å²) in [5.41, 5.74) is 1.21. The molecule has 0 saturated heterocycles. The average molecular weight is 262 g/mol. The summed E-state index contributed by atoms with van der Waals surface area (Å²) in [5.74, 6) is 0. The first-order valence-corrected chi connectivity index (χ1v) is 6.71. The molecule has 0 radical (unpaired) electrons. The summed E-state index contributed by atoms with van der Waals surface area (Å²) in [6, 6.07) is 4.82. The SMILES string of the molecule is Cn1nnnc1Sc1ccc(CNC2CC2)cn1. The van der Waals surface area contributed by atoms with Crippen LogP contribution in [0.4, 0.5) is 0 Å². The topological polar surface area (TPSA) is 68.5 Å². The van der Waals surface area contributed by atoms with Crippen LogP contribution in [0.3, 0.4) is 0 Å². The molecule has 1 aliphatic carbocycles. The van der Waals surface area contributed by atoms with E-state index in [9.17, 15) is 0 Å². The number of nitrogens with zero attached hydrogens (tertiary/aromatic N) is 5. The molecule has 18 heavy (non-hydrogen) atoms. The van der Waals surface area contributed by atoms with E-state index in [0.717, 1.165) is 22.8 Å². The Morgan fingerprint density at radius 2 is 2.33 bits per heavy atom. The highest BCUT2D eigenvalue weighted by atomic mass is 32.2. The largest absolute Gasteiger partial charge is 0.310 e. The molecule has 0 unspecified atom stereocenters. The maximum absolute atomic E-state index is 4.41. The minimum absolute atomic E-state index is 0.726. The Bertz CT molecular complexity index is 519. The zero-order valence-electron chi connectivity index (χ0n) is 10.1. The number of rotatable bonds is 5. The van der Waals surface area contributed by atoms with Gasteiger partial charge in [-0.1, -0.05) is 6.07 Å². The van der Waals surface area contributed by atoms with E-state index in [0.29, 0.717) is 0 Å². The lowest BCUT2D eigenvalue weighted by atomic mass is 10.3. The van der Waals surface area contributed by atoms with Crippen molar-refractivity contribution in [2.24, 2.45) is 7.05 Å². The van der Waals surface area contributed by atoms with Gasteiger partial charge in [0.05, 0.1) is 0 Å². The van der Waals surface area contributed by atoms with Crippen LogP contribution in [0.15, 0.2) is 28.5 Å². The summed E-state index contributed by atoms with van der Waals surface area (Å²) in [5, 5.41) is 16.4. The van der Waals surface area contributed by atoms with Crippen molar-refractivity contribution in [1.82, 2.24) is 30.5 Å². The molecule has 0 aliphatic heterocycles. The van der Waals surface area contributed by atoms with Crippen LogP contribution in [0.2, 0.25) is 0 Å². The molecule has 0 spiro atoms. The van der Waals surface area contributed by atoms with E-state index >= 15 is 0 Å². The number of hydrogen-bond acceptors (Lipinski definition) is 6. The third kappa shape index (κ3) is 2.85. The highest BCUT2D eigenvalue weighted by Gasteiger charge is 2.19. The molecule has 2 aromatic rings. The van der Waals surface area contributed by atoms with Crippen molar-refractivity contribution in [2.45, 2.75) is 35.6 Å². The number of hydrogen-bond donors (Lipinski definition) is 1. The van der Waals surface area contributed by atoms with Gasteiger partial charge in [0.25, 0.3) is 0 Å². The van der Waals surface area contributed by atoms with Crippen molar-refractivity contribution in [2.75, 3.05) is 0 Å². The standard InChI is InChI=1S/C11H14N6S/c1-17-11(14-15-16-17)18-10-5-2-8(7-13-10)6-12-9-3-4-9/h2,5,7,9,12H,3-4,6H2,1H3. The van der Waals surface area contributed by atoms with Gasteiger partial charge in [-0.2, -0.15) is 0 Å². The van der Waals surface area contributed by atoms with E-state index in [4.69, 9.17) is 0 Å². The second-order valence-corrected chi connectivity index (χ2v) is 5.33. The molecule has 0 atom stereocenters. The van der Waals surface area contributed by atoms with E-state index < -0.39 is 0 Å². The number of nitrogens with one attached hydrogen (secondary N) is 1. The molecule has 3 rings (SSSR count). The minimum atomic E-state index is 0.726. The Morgan fingerprint density at radius 3 is 2.94 bits per heavy atom. The Morgan fingerprint density at radius 1 is 1.44 bits per heavy atom. The lowest BCUT2D eigenvalue weighted by Gasteiger charge is -2.03. The number of aromatic nitrogens is 5. The third-order valence-corrected chi connectivity index (χ3v) is 3.73. The van der Waals surface area contributed by atoms with E-state index in [1.54, 1.807) is 4.68 Å². The van der Waals surface area contributed by atoms with Crippen LogP contribution in [-0.4, -0.2) is 31.2 Å². The maximum atomic E-state index is 4.41. The average Bonchev–Trinajstić information content (AvgIpc) is 3.13. The molecule has 0 aromatic carbocycles. The van der Waals surface area contributed by atoms with Crippen LogP contribution in [-0.2, 0) is 13.6 Å². The smallest absolute Gasteiger partial charge is 0.215 e. The summed E-state index contributed by atoms with van der Waals surface area (Å²) in [6.07, 6.45) is 4.52. The molecule has 0 amide bonds. The summed E-state index contributed by atoms with van der Waals surface area (Å²) >= 11 is 1.46. The first kappa shape index (κ1) is 11.6. The molecule has 94 valence electrons. The molecule has 1 aliphatic rings. The third-order valence-electron chi connectivity index (χ3n) is 2.75. The predicted octanol–water partition coefficient (Wildman–Crippen LogP) is 1.01. The van der Waals surface area contributed by atoms with Crippen molar-refractivity contribution in [3.8, 4) is 0 Å². The first-order chi connectivity index (χ1) is 8.81. The van der Waals surface area contributed by atoms with Gasteiger partial charge >= 0.3 is 0 Å². The van der Waals surface area contributed by atoms with Gasteiger partial charge in [0.2, 0.25) is 5.16 Å². The van der Waals surface area contributed by atoms with Gasteiger partial charge in [-0.15, -0.1) is 5.10 Å². The normalized spacial score (nSPS) is 14.9. The van der Waals surface area contributed by atoms with Gasteiger partial charge < -0.3 is 5.32 Å². The highest BCUT2D eigenvalue weighted by Crippen LogP contribution is 2.23. The molecule has 2 heterocycles. The van der Waals surface area contributed by atoms with E-state index in [1.165, 1.54) is 30.2 Å². The van der Waals surface area contributed by atoms with Gasteiger partial charge in [-0.05, 0) is 46.7 Å². The lowest BCUT2D eigenvalue weighted by Crippen LogP contribution is -2.15. The Kier molecular flexibility index (Phi) is 3.24. The first-order valence-electron chi connectivity index (χ1n) is 5.90. The van der Waals surface area contributed by atoms with Crippen LogP contribution >= 0.6 is 11.8 Å². The van der Waals surface area contributed by atoms with Crippen molar-refractivity contribution >= 4 is 11.8 Å². The van der Waals surface area contributed by atoms with Crippen LogP contribution in [0.1, 0.15) is 18.4 Å². The summed E-state index contributed by atoms with van der Waals surface area (Å²) in [4.78, 5) is 4.41. The summed E-state index contributed by atoms with van der Waals surface area (Å²) < 4.78 is 1.63. The molecule has 1 N–H and O–H groups in total. The molecular formula is C11H14N6S. The van der Waals surface area contributed by atoms with Crippen LogP contribution in [0.25, 0.3) is 0 Å². The fourth-order valence-corrected chi connectivity index (χ4v) is 2.20. The van der Waals surface area contributed by atoms with Crippen LogP contribution in [0.5, 0.6) is 0 Å². The minimum Gasteiger partial charge on any atom is -0.310 e. The van der Waals surface area contributed by atoms with E-state index in [2.05, 4.69) is 31.9 Å². The number of tetrazole rings is 1. The predicted molar refractivity (Wildman–Crippen MR) is 67.0 cm³/mol. The van der Waals surface area contributed by atoms with Gasteiger partial charge in [0.1, 0.15) is 5.03 Å². The fourth-order valence-electron chi connectivity index (χ4n) is 1.53. The molecule has 1 fully saturated rings. The van der Waals surface area contributed by atoms with Crippen LogP contribution < -0.4 is 5.32 Å². The van der Waals surface area contributed by atoms with Gasteiger partial charge in [-0.3, -0.25) is 0 Å². The second-order valence-electron chi connectivity index (χ2n) is 4.35. The quantitative estimate of drug-likeness (QED) is 0.867. The summed E-state index contributed by atoms with van der Waals surface area (Å²) in [6.45, 7) is 0.897. The lowest BCUT2D eigenvalue weighted by molar-refractivity contribution is 0.664. The highest BCUT2D eigenvalue weighted by molar-refractivity contribution is 7.99. The second kappa shape index (κ2) is 5.03. The molecule has 0 bridgehead atoms. The monoisotopic (exact) mass is 262 g/mol. The van der Waals surface area contributed by atoms with E-state index in [1.807, 2.05) is 19.3 Å². The Balaban J connectivity index is 1.61. The Hall–Kier alpha value is -1.47. The molecule has 7 heteroatoms. The van der Waals surface area contributed by atoms with Crippen molar-refractivity contribution in [3.63, 3.8) is 0 Å². The van der Waals surface area contributed by atoms with Gasteiger partial charge in [0, 0.05) is 25.8 Å². The number of pyridine rings is 1. The van der Waals surface area contributed by atoms with Crippen molar-refractivity contribution < 1.29 is 0 Å². The molecule has 1 saturated carbocycles. The number of aryl methyl sites for hydroxylation is 1.